The molecule has 76 valence electrons. The third kappa shape index (κ3) is 1.23. The summed E-state index contributed by atoms with van der Waals surface area (Å²) in [5, 5.41) is 4.01. The van der Waals surface area contributed by atoms with Gasteiger partial charge in [0.1, 0.15) is 0 Å². The molecule has 1 aliphatic carbocycles. The van der Waals surface area contributed by atoms with E-state index in [1.165, 1.54) is 5.56 Å². The van der Waals surface area contributed by atoms with Crippen LogP contribution in [0.25, 0.3) is 5.57 Å². The predicted molar refractivity (Wildman–Crippen MR) is 55.3 cm³/mol. The lowest BCUT2D eigenvalue weighted by atomic mass is 9.93. The van der Waals surface area contributed by atoms with Crippen molar-refractivity contribution in [2.24, 2.45) is 0 Å². The van der Waals surface area contributed by atoms with Crippen LogP contribution in [0.1, 0.15) is 29.0 Å². The standard InChI is InChI=1S/C12H11NO2/c1-8-10-3-2-4-11(12(10)15-13-8)9-5-6-14-7-9/h4-7H,2-3H2,1H3. The van der Waals surface area contributed by atoms with Crippen molar-refractivity contribution in [3.05, 3.63) is 47.2 Å². The van der Waals surface area contributed by atoms with E-state index in [9.17, 15) is 0 Å². The van der Waals surface area contributed by atoms with Crippen molar-refractivity contribution in [2.75, 3.05) is 0 Å². The molecule has 15 heavy (non-hydrogen) atoms. The molecule has 0 saturated heterocycles. The third-order valence-corrected chi connectivity index (χ3v) is 2.80. The maximum absolute atomic E-state index is 5.36. The van der Waals surface area contributed by atoms with Gasteiger partial charge in [0.25, 0.3) is 0 Å². The van der Waals surface area contributed by atoms with Gasteiger partial charge in [-0.25, -0.2) is 0 Å². The number of furan rings is 1. The highest BCUT2D eigenvalue weighted by Crippen LogP contribution is 2.33. The van der Waals surface area contributed by atoms with Gasteiger partial charge in [0, 0.05) is 16.7 Å². The zero-order valence-electron chi connectivity index (χ0n) is 8.49. The second-order valence-electron chi connectivity index (χ2n) is 3.74. The highest BCUT2D eigenvalue weighted by molar-refractivity contribution is 5.79. The molecule has 3 nitrogen and oxygen atoms in total. The molecule has 1 aliphatic rings. The zero-order chi connectivity index (χ0) is 10.3. The van der Waals surface area contributed by atoms with Gasteiger partial charge in [-0.1, -0.05) is 11.2 Å². The number of aromatic nitrogens is 1. The van der Waals surface area contributed by atoms with Gasteiger partial charge in [-0.15, -0.1) is 0 Å². The Hall–Kier alpha value is -1.77. The lowest BCUT2D eigenvalue weighted by molar-refractivity contribution is 0.404. The number of fused-ring (bicyclic) bond motifs is 1. The summed E-state index contributed by atoms with van der Waals surface area (Å²) in [6.45, 7) is 1.99. The van der Waals surface area contributed by atoms with E-state index in [0.29, 0.717) is 0 Å². The first-order chi connectivity index (χ1) is 7.36. The first-order valence-electron chi connectivity index (χ1n) is 5.04. The van der Waals surface area contributed by atoms with Gasteiger partial charge in [0.15, 0.2) is 5.76 Å². The molecule has 0 aliphatic heterocycles. The maximum atomic E-state index is 5.36. The summed E-state index contributed by atoms with van der Waals surface area (Å²) >= 11 is 0. The Morgan fingerprint density at radius 3 is 3.13 bits per heavy atom. The van der Waals surface area contributed by atoms with Gasteiger partial charge in [-0.3, -0.25) is 0 Å². The Morgan fingerprint density at radius 2 is 2.33 bits per heavy atom. The molecule has 3 heteroatoms. The number of allylic oxidation sites excluding steroid dienone is 1. The molecule has 2 heterocycles. The van der Waals surface area contributed by atoms with E-state index in [2.05, 4.69) is 11.2 Å². The Labute approximate surface area is 87.4 Å². The minimum Gasteiger partial charge on any atom is -0.472 e. The van der Waals surface area contributed by atoms with Crippen molar-refractivity contribution in [1.29, 1.82) is 0 Å². The van der Waals surface area contributed by atoms with Gasteiger partial charge < -0.3 is 8.94 Å². The van der Waals surface area contributed by atoms with Crippen LogP contribution >= 0.6 is 0 Å². The van der Waals surface area contributed by atoms with Crippen molar-refractivity contribution in [1.82, 2.24) is 5.16 Å². The van der Waals surface area contributed by atoms with E-state index in [-0.39, 0.29) is 0 Å². The minimum atomic E-state index is 0.903. The molecule has 2 aromatic heterocycles. The molecule has 0 bridgehead atoms. The van der Waals surface area contributed by atoms with Crippen molar-refractivity contribution in [3.63, 3.8) is 0 Å². The second-order valence-corrected chi connectivity index (χ2v) is 3.74. The van der Waals surface area contributed by atoms with E-state index < -0.39 is 0 Å². The summed E-state index contributed by atoms with van der Waals surface area (Å²) in [5.41, 5.74) is 4.39. The van der Waals surface area contributed by atoms with Crippen LogP contribution < -0.4 is 0 Å². The zero-order valence-corrected chi connectivity index (χ0v) is 8.49. The highest BCUT2D eigenvalue weighted by Gasteiger charge is 2.21. The molecule has 0 unspecified atom stereocenters. The topological polar surface area (TPSA) is 39.2 Å². The van der Waals surface area contributed by atoms with Gasteiger partial charge in [0.2, 0.25) is 0 Å². The quantitative estimate of drug-likeness (QED) is 0.712. The normalized spacial score (nSPS) is 14.9. The smallest absolute Gasteiger partial charge is 0.170 e. The minimum absolute atomic E-state index is 0.903. The molecule has 0 radical (unpaired) electrons. The fourth-order valence-electron chi connectivity index (χ4n) is 2.01. The summed E-state index contributed by atoms with van der Waals surface area (Å²) in [7, 11) is 0. The first kappa shape index (κ1) is 8.53. The van der Waals surface area contributed by atoms with E-state index in [0.717, 1.165) is 35.4 Å². The maximum Gasteiger partial charge on any atom is 0.170 e. The summed E-state index contributed by atoms with van der Waals surface area (Å²) in [4.78, 5) is 0. The molecule has 0 spiro atoms. The van der Waals surface area contributed by atoms with E-state index in [4.69, 9.17) is 8.94 Å². The molecule has 0 N–H and O–H groups in total. The number of hydrogen-bond acceptors (Lipinski definition) is 3. The van der Waals surface area contributed by atoms with Crippen LogP contribution in [0.4, 0.5) is 0 Å². The van der Waals surface area contributed by atoms with Gasteiger partial charge in [0.05, 0.1) is 18.2 Å². The Morgan fingerprint density at radius 1 is 1.40 bits per heavy atom. The van der Waals surface area contributed by atoms with Crippen LogP contribution in [0.3, 0.4) is 0 Å². The number of hydrogen-bond donors (Lipinski definition) is 0. The molecule has 0 amide bonds. The summed E-state index contributed by atoms with van der Waals surface area (Å²) in [6.07, 6.45) is 7.64. The van der Waals surface area contributed by atoms with Crippen LogP contribution in [0.15, 0.2) is 33.6 Å². The lowest BCUT2D eigenvalue weighted by Crippen LogP contribution is -1.98. The highest BCUT2D eigenvalue weighted by atomic mass is 16.5. The van der Waals surface area contributed by atoms with Crippen LogP contribution in [-0.2, 0) is 6.42 Å². The summed E-state index contributed by atoms with van der Waals surface area (Å²) in [5.74, 6) is 0.903. The predicted octanol–water partition coefficient (Wildman–Crippen LogP) is 2.95. The van der Waals surface area contributed by atoms with Crippen LogP contribution in [0.2, 0.25) is 0 Å². The fourth-order valence-corrected chi connectivity index (χ4v) is 2.01. The Bertz CT molecular complexity index is 506. The van der Waals surface area contributed by atoms with E-state index >= 15 is 0 Å². The van der Waals surface area contributed by atoms with Crippen molar-refractivity contribution in [2.45, 2.75) is 19.8 Å². The Balaban J connectivity index is 2.15. The molecular weight excluding hydrogens is 190 g/mol. The van der Waals surface area contributed by atoms with Crippen molar-refractivity contribution >= 4 is 5.57 Å². The largest absolute Gasteiger partial charge is 0.472 e. The number of nitrogens with zero attached hydrogens (tertiary/aromatic N) is 1. The average Bonchev–Trinajstić information content (AvgIpc) is 2.88. The van der Waals surface area contributed by atoms with E-state index in [1.807, 2.05) is 13.0 Å². The lowest BCUT2D eigenvalue weighted by Gasteiger charge is -2.09. The van der Waals surface area contributed by atoms with Gasteiger partial charge in [-0.05, 0) is 25.8 Å². The molecule has 2 aromatic rings. The second kappa shape index (κ2) is 3.12. The van der Waals surface area contributed by atoms with E-state index in [1.54, 1.807) is 12.5 Å². The molecule has 0 atom stereocenters. The van der Waals surface area contributed by atoms with Crippen LogP contribution in [0, 0.1) is 6.92 Å². The molecule has 3 rings (SSSR count). The number of rotatable bonds is 1. The SMILES string of the molecule is Cc1noc2c1CCC=C2c1ccoc1. The molecule has 0 saturated carbocycles. The van der Waals surface area contributed by atoms with Crippen molar-refractivity contribution < 1.29 is 8.94 Å². The van der Waals surface area contributed by atoms with Gasteiger partial charge >= 0.3 is 0 Å². The van der Waals surface area contributed by atoms with Crippen LogP contribution in [-0.4, -0.2) is 5.16 Å². The first-order valence-corrected chi connectivity index (χ1v) is 5.04. The van der Waals surface area contributed by atoms with Crippen molar-refractivity contribution in [3.8, 4) is 0 Å². The van der Waals surface area contributed by atoms with Crippen LogP contribution in [0.5, 0.6) is 0 Å². The average molecular weight is 201 g/mol. The molecule has 0 fully saturated rings. The fraction of sp³-hybridized carbons (Fsp3) is 0.250. The third-order valence-electron chi connectivity index (χ3n) is 2.80. The molecular formula is C12H11NO2. The Kier molecular flexibility index (Phi) is 1.78. The summed E-state index contributed by atoms with van der Waals surface area (Å²) < 4.78 is 10.4. The summed E-state index contributed by atoms with van der Waals surface area (Å²) in [6, 6.07) is 1.94. The monoisotopic (exact) mass is 201 g/mol. The number of aryl methyl sites for hydroxylation is 1. The van der Waals surface area contributed by atoms with Gasteiger partial charge in [-0.2, -0.15) is 0 Å². The molecule has 0 aromatic carbocycles.